The second-order valence-corrected chi connectivity index (χ2v) is 5.64. The minimum absolute atomic E-state index is 0.185. The van der Waals surface area contributed by atoms with Crippen LogP contribution < -0.4 is 5.32 Å². The number of aryl methyl sites for hydroxylation is 2. The highest BCUT2D eigenvalue weighted by Crippen LogP contribution is 2.17. The highest BCUT2D eigenvalue weighted by atomic mass is 16.6. The minimum Gasteiger partial charge on any atom is -0.398 e. The first-order chi connectivity index (χ1) is 12.5. The number of nitrogens with zero attached hydrogens (tertiary/aromatic N) is 4. The second-order valence-electron chi connectivity index (χ2n) is 5.64. The molecule has 0 spiro atoms. The number of imidazole rings is 1. The van der Waals surface area contributed by atoms with Crippen molar-refractivity contribution in [2.45, 2.75) is 20.5 Å². The average Bonchev–Trinajstić information content (AvgIpc) is 3.06. The Bertz CT molecular complexity index is 839. The third-order valence-electron chi connectivity index (χ3n) is 3.89. The van der Waals surface area contributed by atoms with E-state index in [0.717, 1.165) is 16.8 Å². The third kappa shape index (κ3) is 4.27. The summed E-state index contributed by atoms with van der Waals surface area (Å²) in [6, 6.07) is 5.59. The van der Waals surface area contributed by atoms with Gasteiger partial charge in [-0.15, -0.1) is 0 Å². The van der Waals surface area contributed by atoms with E-state index >= 15 is 0 Å². The van der Waals surface area contributed by atoms with Crippen molar-refractivity contribution in [2.75, 3.05) is 14.2 Å². The van der Waals surface area contributed by atoms with Gasteiger partial charge in [0.05, 0.1) is 18.2 Å². The zero-order valence-corrected chi connectivity index (χ0v) is 15.6. The fraction of sp³-hybridized carbons (Fsp3) is 0.333. The van der Waals surface area contributed by atoms with Gasteiger partial charge in [0.25, 0.3) is 5.91 Å². The molecule has 0 radical (unpaired) electrons. The normalized spacial score (nSPS) is 12.0. The number of hydrogen-bond acceptors (Lipinski definition) is 6. The van der Waals surface area contributed by atoms with Crippen molar-refractivity contribution in [3.8, 4) is 0 Å². The summed E-state index contributed by atoms with van der Waals surface area (Å²) in [4.78, 5) is 26.6. The number of likely N-dealkylation sites (N-methyl/N-ethyl adjacent to an activating group) is 1. The molecule has 1 N–H and O–H groups in total. The summed E-state index contributed by atoms with van der Waals surface area (Å²) >= 11 is 0. The molecule has 8 heteroatoms. The number of amides is 1. The zero-order chi connectivity index (χ0) is 19.1. The van der Waals surface area contributed by atoms with Gasteiger partial charge in [0.2, 0.25) is 0 Å². The third-order valence-corrected chi connectivity index (χ3v) is 3.89. The van der Waals surface area contributed by atoms with Crippen LogP contribution in [0.2, 0.25) is 0 Å². The van der Waals surface area contributed by atoms with E-state index < -0.39 is 0 Å². The molecule has 0 saturated carbocycles. The lowest BCUT2D eigenvalue weighted by Crippen LogP contribution is -2.29. The van der Waals surface area contributed by atoms with Crippen LogP contribution in [0.3, 0.4) is 0 Å². The Morgan fingerprint density at radius 2 is 2.12 bits per heavy atom. The van der Waals surface area contributed by atoms with Gasteiger partial charge < -0.3 is 19.6 Å². The Labute approximate surface area is 152 Å². The van der Waals surface area contributed by atoms with Gasteiger partial charge in [-0.05, 0) is 19.4 Å². The van der Waals surface area contributed by atoms with Gasteiger partial charge in [0.15, 0.2) is 5.71 Å². The molecule has 8 nitrogen and oxygen atoms in total. The lowest BCUT2D eigenvalue weighted by molar-refractivity contribution is -0.114. The molecule has 1 amide bonds. The Balaban J connectivity index is 2.28. The molecule has 2 rings (SSSR count). The molecule has 1 aromatic heterocycles. The molecule has 2 aromatic rings. The first-order valence-electron chi connectivity index (χ1n) is 8.05. The summed E-state index contributed by atoms with van der Waals surface area (Å²) in [7, 11) is 4.83. The van der Waals surface area contributed by atoms with Crippen LogP contribution in [0, 0.1) is 6.92 Å². The molecule has 1 heterocycles. The first-order valence-corrected chi connectivity index (χ1v) is 8.05. The van der Waals surface area contributed by atoms with Crippen LogP contribution in [-0.4, -0.2) is 41.0 Å². The van der Waals surface area contributed by atoms with Crippen molar-refractivity contribution < 1.29 is 14.5 Å². The molecule has 0 bridgehead atoms. The highest BCUT2D eigenvalue weighted by Gasteiger charge is 2.19. The van der Waals surface area contributed by atoms with Crippen molar-refractivity contribution >= 4 is 17.3 Å². The number of carbonyl (C=O) groups is 1. The van der Waals surface area contributed by atoms with E-state index in [-0.39, 0.29) is 18.2 Å². The molecule has 138 valence electrons. The van der Waals surface area contributed by atoms with Crippen molar-refractivity contribution in [2.24, 2.45) is 17.4 Å². The van der Waals surface area contributed by atoms with Gasteiger partial charge in [0.1, 0.15) is 19.4 Å². The van der Waals surface area contributed by atoms with E-state index in [2.05, 4.69) is 20.6 Å². The number of aromatic nitrogens is 2. The summed E-state index contributed by atoms with van der Waals surface area (Å²) < 4.78 is 1.86. The predicted octanol–water partition coefficient (Wildman–Crippen LogP) is 1.77. The number of benzene rings is 1. The van der Waals surface area contributed by atoms with Crippen molar-refractivity contribution in [3.63, 3.8) is 0 Å². The van der Waals surface area contributed by atoms with E-state index in [9.17, 15) is 4.79 Å². The summed E-state index contributed by atoms with van der Waals surface area (Å²) in [5, 5.41) is 10.6. The molecule has 0 atom stereocenters. The van der Waals surface area contributed by atoms with Gasteiger partial charge in [-0.2, -0.15) is 0 Å². The summed E-state index contributed by atoms with van der Waals surface area (Å²) in [6.45, 7) is 3.98. The largest absolute Gasteiger partial charge is 0.398 e. The Morgan fingerprint density at radius 3 is 2.73 bits per heavy atom. The molecule has 0 aliphatic heterocycles. The number of nitrogens with one attached hydrogen (secondary N) is 1. The molecule has 0 saturated heterocycles. The molecular formula is C18H23N5O3. The number of oxime groups is 2. The smallest absolute Gasteiger partial charge is 0.273 e. The maximum absolute atomic E-state index is 12.1. The first kappa shape index (κ1) is 19.2. The predicted molar refractivity (Wildman–Crippen MR) is 99.0 cm³/mol. The van der Waals surface area contributed by atoms with Crippen LogP contribution in [0.15, 0.2) is 41.0 Å². The average molecular weight is 357 g/mol. The van der Waals surface area contributed by atoms with Gasteiger partial charge in [0, 0.05) is 25.2 Å². The molecule has 0 fully saturated rings. The molecule has 0 aliphatic rings. The van der Waals surface area contributed by atoms with E-state index in [4.69, 9.17) is 9.68 Å². The fourth-order valence-electron chi connectivity index (χ4n) is 2.48. The molecule has 0 aliphatic carbocycles. The van der Waals surface area contributed by atoms with Crippen LogP contribution in [0.1, 0.15) is 29.3 Å². The number of rotatable bonds is 7. The van der Waals surface area contributed by atoms with Gasteiger partial charge in [-0.1, -0.05) is 28.5 Å². The lowest BCUT2D eigenvalue weighted by atomic mass is 9.98. The summed E-state index contributed by atoms with van der Waals surface area (Å²) in [5.74, 6) is -0.340. The Hall–Kier alpha value is -3.16. The van der Waals surface area contributed by atoms with Crippen molar-refractivity contribution in [3.05, 3.63) is 53.1 Å². The van der Waals surface area contributed by atoms with Gasteiger partial charge in [-0.3, -0.25) is 4.79 Å². The van der Waals surface area contributed by atoms with E-state index in [1.54, 1.807) is 25.6 Å². The number of carbonyl (C=O) groups excluding carboxylic acids is 1. The Morgan fingerprint density at radius 1 is 1.35 bits per heavy atom. The van der Waals surface area contributed by atoms with Crippen LogP contribution in [0.5, 0.6) is 0 Å². The molecule has 26 heavy (non-hydrogen) atoms. The topological polar surface area (TPSA) is 90.1 Å². The monoisotopic (exact) mass is 357 g/mol. The fourth-order valence-corrected chi connectivity index (χ4v) is 2.48. The van der Waals surface area contributed by atoms with Crippen LogP contribution in [0.25, 0.3) is 0 Å². The number of hydrogen-bond donors (Lipinski definition) is 1. The van der Waals surface area contributed by atoms with E-state index in [0.29, 0.717) is 11.3 Å². The van der Waals surface area contributed by atoms with Crippen LogP contribution in [-0.2, 0) is 28.1 Å². The molecular weight excluding hydrogens is 334 g/mol. The maximum atomic E-state index is 12.1. The van der Waals surface area contributed by atoms with Gasteiger partial charge in [-0.25, -0.2) is 4.98 Å². The second kappa shape index (κ2) is 8.80. The van der Waals surface area contributed by atoms with Crippen LogP contribution >= 0.6 is 0 Å². The zero-order valence-electron chi connectivity index (χ0n) is 15.6. The molecule has 0 unspecified atom stereocenters. The van der Waals surface area contributed by atoms with Gasteiger partial charge >= 0.3 is 0 Å². The van der Waals surface area contributed by atoms with Crippen LogP contribution in [0.4, 0.5) is 0 Å². The SMILES string of the molecule is CNC(=O)/C(=N/OC)c1cccc(C)c1CO/N=C(\C)c1cncn1C. The summed E-state index contributed by atoms with van der Waals surface area (Å²) in [6.07, 6.45) is 3.42. The van der Waals surface area contributed by atoms with E-state index in [1.165, 1.54) is 7.11 Å². The molecule has 1 aromatic carbocycles. The maximum Gasteiger partial charge on any atom is 0.273 e. The highest BCUT2D eigenvalue weighted by molar-refractivity contribution is 6.45. The van der Waals surface area contributed by atoms with E-state index in [1.807, 2.05) is 37.6 Å². The van der Waals surface area contributed by atoms with Crippen molar-refractivity contribution in [1.29, 1.82) is 0 Å². The minimum atomic E-state index is -0.340. The Kier molecular flexibility index (Phi) is 6.48. The summed E-state index contributed by atoms with van der Waals surface area (Å²) in [5.41, 5.74) is 4.17. The van der Waals surface area contributed by atoms with Crippen molar-refractivity contribution in [1.82, 2.24) is 14.9 Å². The quantitative estimate of drug-likeness (QED) is 0.604. The standard InChI is InChI=1S/C18H23N5O3/c1-12-7-6-8-14(17(22-25-5)18(24)19-3)15(12)10-26-21-13(2)16-9-20-11-23(16)4/h6-9,11H,10H2,1-5H3,(H,19,24)/b21-13+,22-17+. The lowest BCUT2D eigenvalue weighted by Gasteiger charge is -2.13.